The average Bonchev–Trinajstić information content (AvgIpc) is 3.53. The lowest BCUT2D eigenvalue weighted by Crippen LogP contribution is -2.58. The van der Waals surface area contributed by atoms with Crippen molar-refractivity contribution in [1.29, 1.82) is 0 Å². The normalized spacial score (nSPS) is 26.3. The molecule has 3 aliphatic heterocycles. The first kappa shape index (κ1) is 40.0. The Hall–Kier alpha value is -4.71. The number of halogens is 1. The number of ether oxygens (including phenoxy) is 3. The molecule has 2 fully saturated rings. The van der Waals surface area contributed by atoms with Crippen molar-refractivity contribution < 1.29 is 51.0 Å². The van der Waals surface area contributed by atoms with Gasteiger partial charge in [-0.2, -0.15) is 0 Å². The predicted octanol–water partition coefficient (Wildman–Crippen LogP) is 4.11. The maximum absolute atomic E-state index is 14.5. The number of allylic oxidation sites excluding steroid dienone is 1. The van der Waals surface area contributed by atoms with Gasteiger partial charge in [-0.15, -0.1) is 11.3 Å². The molecule has 2 aromatic rings. The zero-order valence-corrected chi connectivity index (χ0v) is 32.7. The van der Waals surface area contributed by atoms with Gasteiger partial charge >= 0.3 is 12.2 Å². The number of rotatable bonds is 6. The number of nitrogens with zero attached hydrogens (tertiary/aromatic N) is 2. The van der Waals surface area contributed by atoms with E-state index < -0.39 is 81.0 Å². The Kier molecular flexibility index (Phi) is 11.5. The molecule has 55 heavy (non-hydrogen) atoms. The van der Waals surface area contributed by atoms with E-state index in [2.05, 4.69) is 15.4 Å². The van der Waals surface area contributed by atoms with Gasteiger partial charge in [0.15, 0.2) is 0 Å². The number of benzene rings is 1. The molecule has 18 heteroatoms. The van der Waals surface area contributed by atoms with Crippen molar-refractivity contribution in [2.45, 2.75) is 112 Å². The van der Waals surface area contributed by atoms with E-state index in [1.165, 1.54) is 34.4 Å². The highest BCUT2D eigenvalue weighted by Crippen LogP contribution is 2.46. The topological polar surface area (TPSA) is 190 Å². The van der Waals surface area contributed by atoms with E-state index in [1.807, 2.05) is 6.08 Å². The number of fused-ring (bicyclic) bond motifs is 3. The summed E-state index contributed by atoms with van der Waals surface area (Å²) in [6.07, 6.45) is 3.86. The predicted molar refractivity (Wildman–Crippen MR) is 197 cm³/mol. The van der Waals surface area contributed by atoms with Gasteiger partial charge < -0.3 is 29.7 Å². The molecule has 5 atom stereocenters. The Morgan fingerprint density at radius 1 is 1.11 bits per heavy atom. The molecule has 1 aromatic heterocycles. The van der Waals surface area contributed by atoms with Crippen LogP contribution in [-0.4, -0.2) is 91.1 Å². The monoisotopic (exact) mass is 803 g/mol. The number of hydrogen-bond donors (Lipinski definition) is 3. The van der Waals surface area contributed by atoms with E-state index in [9.17, 15) is 36.8 Å². The lowest BCUT2D eigenvalue weighted by Gasteiger charge is -2.30. The summed E-state index contributed by atoms with van der Waals surface area (Å²) in [7, 11) is -2.96. The average molecular weight is 804 g/mol. The van der Waals surface area contributed by atoms with Gasteiger partial charge in [-0.3, -0.25) is 19.3 Å². The second kappa shape index (κ2) is 15.8. The van der Waals surface area contributed by atoms with Crippen molar-refractivity contribution >= 4 is 51.3 Å². The summed E-state index contributed by atoms with van der Waals surface area (Å²) in [6.45, 7) is 4.93. The van der Waals surface area contributed by atoms with Crippen LogP contribution in [0.3, 0.4) is 0 Å². The highest BCUT2D eigenvalue weighted by molar-refractivity contribution is 7.92. The Labute approximate surface area is 323 Å². The van der Waals surface area contributed by atoms with Crippen molar-refractivity contribution in [3.8, 4) is 5.75 Å². The fraction of sp³-hybridized carbons (Fsp3) is 0.541. The molecule has 15 nitrogen and oxygen atoms in total. The van der Waals surface area contributed by atoms with Crippen LogP contribution in [0.25, 0.3) is 0 Å². The lowest BCUT2D eigenvalue weighted by atomic mass is 10.0. The molecule has 3 N–H and O–H groups in total. The Morgan fingerprint density at radius 2 is 1.89 bits per heavy atom. The summed E-state index contributed by atoms with van der Waals surface area (Å²) in [5.41, 5.74) is -1.50. The molecule has 1 aromatic carbocycles. The SMILES string of the molecule is COc1csc(S(=O)(=O)NC(=O)[C@@]23C[C@H]2/C=C\CCCCC[C@H](NC(=O)OC(C)(C)C)C(=O)N2C[C@H](OC(=O)N4Cc5cccc(F)c5C4)C[C@H]2C(=O)N3)c1. The van der Waals surface area contributed by atoms with Crippen molar-refractivity contribution in [2.24, 2.45) is 5.92 Å². The first-order valence-corrected chi connectivity index (χ1v) is 20.6. The molecule has 1 aliphatic carbocycles. The lowest BCUT2D eigenvalue weighted by molar-refractivity contribution is -0.141. The molecule has 0 spiro atoms. The van der Waals surface area contributed by atoms with Crippen LogP contribution in [0.2, 0.25) is 0 Å². The van der Waals surface area contributed by atoms with Gasteiger partial charge in [0.25, 0.3) is 15.9 Å². The highest BCUT2D eigenvalue weighted by atomic mass is 32.2. The Balaban J connectivity index is 1.26. The number of carbonyl (C=O) groups is 5. The van der Waals surface area contributed by atoms with Crippen LogP contribution in [0.5, 0.6) is 5.75 Å². The second-order valence-corrected chi connectivity index (χ2v) is 18.1. The van der Waals surface area contributed by atoms with Gasteiger partial charge in [-0.1, -0.05) is 37.1 Å². The number of hydrogen-bond acceptors (Lipinski definition) is 11. The summed E-state index contributed by atoms with van der Waals surface area (Å²) in [5, 5.41) is 6.91. The molecule has 298 valence electrons. The molecule has 1 saturated carbocycles. The molecular formula is C37H46FN5O10S2. The number of alkyl carbamates (subject to hydrolysis) is 1. The summed E-state index contributed by atoms with van der Waals surface area (Å²) in [4.78, 5) is 71.4. The van der Waals surface area contributed by atoms with E-state index in [0.717, 1.165) is 17.8 Å². The minimum atomic E-state index is -4.34. The fourth-order valence-corrected chi connectivity index (χ4v) is 9.31. The first-order chi connectivity index (χ1) is 26.0. The summed E-state index contributed by atoms with van der Waals surface area (Å²) in [6, 6.07) is 3.48. The maximum Gasteiger partial charge on any atom is 0.410 e. The van der Waals surface area contributed by atoms with E-state index in [4.69, 9.17) is 14.2 Å². The largest absolute Gasteiger partial charge is 0.496 e. The third-order valence-corrected chi connectivity index (χ3v) is 12.8. The standard InChI is InChI=1S/C37H46FN5O10S2/c1-36(2,3)53-34(47)39-28-14-9-7-5-6-8-12-23-17-37(23,33(46)41-55(49,50)30-16-25(51-4)21-54-30)40-31(44)29-15-24(19-43(29)32(28)45)52-35(48)42-18-22-11-10-13-27(38)26(22)20-42/h8,10-13,16,21,23-24,28-29H,5-7,9,14-15,17-20H2,1-4H3,(H,39,47)(H,40,44)(H,41,46)/b12-8-/t23-,24-,28+,29+,37-/m1/s1. The second-order valence-electron chi connectivity index (χ2n) is 15.3. The fourth-order valence-electron chi connectivity index (χ4n) is 7.15. The number of nitrogens with one attached hydrogen (secondary N) is 3. The van der Waals surface area contributed by atoms with Crippen LogP contribution in [-0.2, 0) is 47.0 Å². The van der Waals surface area contributed by atoms with Gasteiger partial charge in [0.1, 0.15) is 45.1 Å². The van der Waals surface area contributed by atoms with Crippen molar-refractivity contribution in [2.75, 3.05) is 13.7 Å². The number of amides is 5. The number of sulfonamides is 1. The van der Waals surface area contributed by atoms with Crippen LogP contribution in [0.15, 0.2) is 46.0 Å². The van der Waals surface area contributed by atoms with Gasteiger partial charge in [0.2, 0.25) is 11.8 Å². The molecule has 6 rings (SSSR count). The Morgan fingerprint density at radius 3 is 2.60 bits per heavy atom. The zero-order valence-electron chi connectivity index (χ0n) is 31.1. The molecular weight excluding hydrogens is 758 g/mol. The summed E-state index contributed by atoms with van der Waals surface area (Å²) in [5.74, 6) is -3.03. The molecule has 0 unspecified atom stereocenters. The number of carbonyl (C=O) groups excluding carboxylic acids is 5. The van der Waals surface area contributed by atoms with E-state index >= 15 is 0 Å². The van der Waals surface area contributed by atoms with Crippen LogP contribution < -0.4 is 20.1 Å². The molecule has 4 heterocycles. The van der Waals surface area contributed by atoms with E-state index in [0.29, 0.717) is 36.1 Å². The van der Waals surface area contributed by atoms with Crippen LogP contribution >= 0.6 is 11.3 Å². The van der Waals surface area contributed by atoms with E-state index in [-0.39, 0.29) is 43.1 Å². The van der Waals surface area contributed by atoms with Crippen molar-refractivity contribution in [1.82, 2.24) is 25.2 Å². The van der Waals surface area contributed by atoms with E-state index in [1.54, 1.807) is 39.0 Å². The zero-order chi connectivity index (χ0) is 39.7. The van der Waals surface area contributed by atoms with Gasteiger partial charge in [-0.05, 0) is 58.1 Å². The summed E-state index contributed by atoms with van der Waals surface area (Å²) < 4.78 is 59.3. The molecule has 0 bridgehead atoms. The quantitative estimate of drug-likeness (QED) is 0.359. The van der Waals surface area contributed by atoms with Gasteiger partial charge in [0, 0.05) is 35.9 Å². The summed E-state index contributed by atoms with van der Waals surface area (Å²) >= 11 is 0.863. The van der Waals surface area contributed by atoms with Gasteiger partial charge in [0.05, 0.1) is 20.2 Å². The third kappa shape index (κ3) is 9.06. The third-order valence-electron chi connectivity index (χ3n) is 10.1. The highest BCUT2D eigenvalue weighted by Gasteiger charge is 2.62. The molecule has 4 aliphatic rings. The van der Waals surface area contributed by atoms with Gasteiger partial charge in [-0.25, -0.2) is 27.1 Å². The number of thiophene rings is 1. The molecule has 0 radical (unpaired) electrons. The smallest absolute Gasteiger partial charge is 0.410 e. The number of methoxy groups -OCH3 is 1. The van der Waals surface area contributed by atoms with Crippen molar-refractivity contribution in [3.05, 3.63) is 58.7 Å². The van der Waals surface area contributed by atoms with Crippen LogP contribution in [0, 0.1) is 11.7 Å². The first-order valence-electron chi connectivity index (χ1n) is 18.2. The van der Waals surface area contributed by atoms with Crippen LogP contribution in [0.1, 0.15) is 76.8 Å². The van der Waals surface area contributed by atoms with Crippen LogP contribution in [0.4, 0.5) is 14.0 Å². The minimum Gasteiger partial charge on any atom is -0.496 e. The molecule has 1 saturated heterocycles. The minimum absolute atomic E-state index is 0.0182. The molecule has 5 amide bonds. The van der Waals surface area contributed by atoms with Crippen molar-refractivity contribution in [3.63, 3.8) is 0 Å². The maximum atomic E-state index is 14.5. The Bertz CT molecular complexity index is 1980.